The van der Waals surface area contributed by atoms with Crippen molar-refractivity contribution < 1.29 is 4.79 Å². The first-order chi connectivity index (χ1) is 8.38. The topological polar surface area (TPSA) is 58.4 Å². The summed E-state index contributed by atoms with van der Waals surface area (Å²) in [5.41, 5.74) is 4.94. The maximum absolute atomic E-state index is 12.4. The summed E-state index contributed by atoms with van der Waals surface area (Å²) in [6.45, 7) is 8.22. The van der Waals surface area contributed by atoms with Gasteiger partial charge < -0.3 is 10.3 Å². The van der Waals surface area contributed by atoms with Crippen LogP contribution < -0.4 is 11.3 Å². The number of aryl methyl sites for hydroxylation is 1. The molecule has 0 saturated heterocycles. The van der Waals surface area contributed by atoms with Crippen LogP contribution in [0, 0.1) is 12.8 Å². The highest BCUT2D eigenvalue weighted by Crippen LogP contribution is 2.20. The molecule has 1 amide bonds. The molecule has 1 aromatic carbocycles. The first-order valence-corrected chi connectivity index (χ1v) is 6.23. The minimum atomic E-state index is -0.0100. The van der Waals surface area contributed by atoms with E-state index in [0.717, 1.165) is 5.56 Å². The molecule has 3 N–H and O–H groups in total. The summed E-state index contributed by atoms with van der Waals surface area (Å²) < 4.78 is 0. The summed E-state index contributed by atoms with van der Waals surface area (Å²) in [5, 5.41) is 0. The van der Waals surface area contributed by atoms with Gasteiger partial charge >= 0.3 is 0 Å². The molecule has 0 saturated carbocycles. The van der Waals surface area contributed by atoms with Crippen molar-refractivity contribution in [2.45, 2.75) is 33.7 Å². The number of nitrogens with one attached hydrogen (secondary N) is 1. The van der Waals surface area contributed by atoms with Crippen molar-refractivity contribution in [3.63, 3.8) is 0 Å². The molecule has 0 spiro atoms. The van der Waals surface area contributed by atoms with Gasteiger partial charge in [-0.2, -0.15) is 0 Å². The van der Waals surface area contributed by atoms with E-state index in [1.165, 1.54) is 0 Å². The number of nitrogens with zero attached hydrogens (tertiary/aromatic N) is 1. The number of hydrazine groups is 1. The minimum Gasteiger partial charge on any atom is -0.339 e. The number of carbonyl (C=O) groups excluding carboxylic acids is 1. The van der Waals surface area contributed by atoms with Gasteiger partial charge in [0.2, 0.25) is 0 Å². The van der Waals surface area contributed by atoms with Crippen molar-refractivity contribution in [1.29, 1.82) is 0 Å². The maximum Gasteiger partial charge on any atom is 0.255 e. The Hall–Kier alpha value is -1.55. The van der Waals surface area contributed by atoms with Gasteiger partial charge in [-0.3, -0.25) is 10.6 Å². The number of anilines is 1. The molecule has 100 valence electrons. The number of hydrogen-bond acceptors (Lipinski definition) is 3. The Bertz CT molecular complexity index is 429. The summed E-state index contributed by atoms with van der Waals surface area (Å²) in [7, 11) is 1.83. The van der Waals surface area contributed by atoms with Crippen molar-refractivity contribution in [2.75, 3.05) is 12.5 Å². The van der Waals surface area contributed by atoms with E-state index in [0.29, 0.717) is 17.2 Å². The zero-order valence-electron chi connectivity index (χ0n) is 11.8. The number of amides is 1. The molecule has 0 aliphatic heterocycles. The molecule has 1 aromatic rings. The Morgan fingerprint density at radius 2 is 1.94 bits per heavy atom. The highest BCUT2D eigenvalue weighted by atomic mass is 16.2. The lowest BCUT2D eigenvalue weighted by molar-refractivity contribution is 0.0708. The zero-order valence-corrected chi connectivity index (χ0v) is 11.8. The Labute approximate surface area is 109 Å². The lowest BCUT2D eigenvalue weighted by Gasteiger charge is -2.28. The molecule has 0 aliphatic carbocycles. The smallest absolute Gasteiger partial charge is 0.255 e. The lowest BCUT2D eigenvalue weighted by Crippen LogP contribution is -2.38. The summed E-state index contributed by atoms with van der Waals surface area (Å²) >= 11 is 0. The molecular formula is C14H23N3O. The van der Waals surface area contributed by atoms with Crippen LogP contribution in [0.2, 0.25) is 0 Å². The van der Waals surface area contributed by atoms with Gasteiger partial charge in [0.05, 0.1) is 11.3 Å². The fraction of sp³-hybridized carbons (Fsp3) is 0.500. The highest BCUT2D eigenvalue weighted by molar-refractivity contribution is 5.99. The first-order valence-electron chi connectivity index (χ1n) is 6.23. The Morgan fingerprint density at radius 3 is 2.44 bits per heavy atom. The molecule has 0 bridgehead atoms. The van der Waals surface area contributed by atoms with Crippen molar-refractivity contribution in [3.8, 4) is 0 Å². The maximum atomic E-state index is 12.4. The third-order valence-electron chi connectivity index (χ3n) is 3.46. The number of nitrogens with two attached hydrogens (primary N) is 1. The highest BCUT2D eigenvalue weighted by Gasteiger charge is 2.21. The quantitative estimate of drug-likeness (QED) is 0.636. The Morgan fingerprint density at radius 1 is 1.33 bits per heavy atom. The first kappa shape index (κ1) is 14.5. The fourth-order valence-electron chi connectivity index (χ4n) is 1.79. The third-order valence-corrected chi connectivity index (χ3v) is 3.46. The second-order valence-electron chi connectivity index (χ2n) is 5.09. The van der Waals surface area contributed by atoms with Crippen molar-refractivity contribution >= 4 is 11.6 Å². The van der Waals surface area contributed by atoms with Crippen LogP contribution in [-0.4, -0.2) is 23.9 Å². The van der Waals surface area contributed by atoms with E-state index in [-0.39, 0.29) is 11.9 Å². The van der Waals surface area contributed by atoms with E-state index in [1.54, 1.807) is 4.90 Å². The van der Waals surface area contributed by atoms with Crippen molar-refractivity contribution in [1.82, 2.24) is 4.90 Å². The number of hydrogen-bond donors (Lipinski definition) is 2. The average molecular weight is 249 g/mol. The van der Waals surface area contributed by atoms with E-state index in [9.17, 15) is 4.79 Å². The molecule has 4 nitrogen and oxygen atoms in total. The number of rotatable bonds is 4. The predicted molar refractivity (Wildman–Crippen MR) is 75.4 cm³/mol. The zero-order chi connectivity index (χ0) is 13.9. The normalized spacial score (nSPS) is 12.4. The average Bonchev–Trinajstić information content (AvgIpc) is 2.35. The molecule has 0 fully saturated rings. The van der Waals surface area contributed by atoms with Gasteiger partial charge in [-0.1, -0.05) is 19.9 Å². The van der Waals surface area contributed by atoms with Gasteiger partial charge in [0, 0.05) is 13.1 Å². The van der Waals surface area contributed by atoms with E-state index < -0.39 is 0 Å². The number of benzene rings is 1. The Balaban J connectivity index is 3.03. The molecule has 4 heteroatoms. The van der Waals surface area contributed by atoms with Crippen LogP contribution in [0.4, 0.5) is 5.69 Å². The molecule has 0 radical (unpaired) electrons. The van der Waals surface area contributed by atoms with E-state index in [1.807, 2.05) is 39.1 Å². The van der Waals surface area contributed by atoms with Gasteiger partial charge in [-0.05, 0) is 37.5 Å². The monoisotopic (exact) mass is 249 g/mol. The van der Waals surface area contributed by atoms with Crippen LogP contribution in [0.5, 0.6) is 0 Å². The molecule has 1 unspecified atom stereocenters. The van der Waals surface area contributed by atoms with E-state index >= 15 is 0 Å². The van der Waals surface area contributed by atoms with Gasteiger partial charge in [-0.15, -0.1) is 0 Å². The van der Waals surface area contributed by atoms with Crippen LogP contribution in [0.15, 0.2) is 18.2 Å². The molecule has 1 rings (SSSR count). The van der Waals surface area contributed by atoms with Crippen LogP contribution in [0.1, 0.15) is 36.7 Å². The van der Waals surface area contributed by atoms with Gasteiger partial charge in [0.25, 0.3) is 5.91 Å². The number of carbonyl (C=O) groups is 1. The Kier molecular flexibility index (Phi) is 4.73. The molecule has 0 aliphatic rings. The molecule has 0 heterocycles. The van der Waals surface area contributed by atoms with Gasteiger partial charge in [-0.25, -0.2) is 0 Å². The van der Waals surface area contributed by atoms with Gasteiger partial charge in [0.1, 0.15) is 0 Å². The minimum absolute atomic E-state index is 0.0100. The largest absolute Gasteiger partial charge is 0.339 e. The van der Waals surface area contributed by atoms with Crippen LogP contribution in [0.25, 0.3) is 0 Å². The van der Waals surface area contributed by atoms with Crippen LogP contribution >= 0.6 is 0 Å². The fourth-order valence-corrected chi connectivity index (χ4v) is 1.79. The van der Waals surface area contributed by atoms with Crippen molar-refractivity contribution in [3.05, 3.63) is 29.3 Å². The predicted octanol–water partition coefficient (Wildman–Crippen LogP) is 2.40. The molecule has 0 aromatic heterocycles. The summed E-state index contributed by atoms with van der Waals surface area (Å²) in [5.74, 6) is 5.88. The van der Waals surface area contributed by atoms with Crippen LogP contribution in [0.3, 0.4) is 0 Å². The van der Waals surface area contributed by atoms with Crippen molar-refractivity contribution in [2.24, 2.45) is 11.8 Å². The van der Waals surface area contributed by atoms with Crippen LogP contribution in [-0.2, 0) is 0 Å². The van der Waals surface area contributed by atoms with E-state index in [4.69, 9.17) is 5.84 Å². The van der Waals surface area contributed by atoms with Gasteiger partial charge in [0.15, 0.2) is 0 Å². The lowest BCUT2D eigenvalue weighted by atomic mass is 10.0. The summed E-state index contributed by atoms with van der Waals surface area (Å²) in [4.78, 5) is 14.2. The molecular weight excluding hydrogens is 226 g/mol. The standard InChI is InChI=1S/C14H23N3O/c1-9(2)11(4)17(5)14(18)12-7-6-10(3)8-13(12)16-15/h6-9,11,16H,15H2,1-5H3. The third kappa shape index (κ3) is 3.01. The molecule has 18 heavy (non-hydrogen) atoms. The summed E-state index contributed by atoms with van der Waals surface area (Å²) in [6, 6.07) is 5.80. The SMILES string of the molecule is Cc1ccc(C(=O)N(C)C(C)C(C)C)c(NN)c1. The second-order valence-corrected chi connectivity index (χ2v) is 5.09. The molecule has 1 atom stereocenters. The van der Waals surface area contributed by atoms with E-state index in [2.05, 4.69) is 19.3 Å². The summed E-state index contributed by atoms with van der Waals surface area (Å²) in [6.07, 6.45) is 0. The second kappa shape index (κ2) is 5.87. The number of nitrogen functional groups attached to an aromatic ring is 1.